The van der Waals surface area contributed by atoms with Crippen molar-refractivity contribution in [2.75, 3.05) is 14.1 Å². The number of amides is 1. The van der Waals surface area contributed by atoms with E-state index in [9.17, 15) is 9.59 Å². The van der Waals surface area contributed by atoms with E-state index >= 15 is 0 Å². The maximum Gasteiger partial charge on any atom is 0.333 e. The number of hydrogen-bond acceptors (Lipinski definition) is 2. The summed E-state index contributed by atoms with van der Waals surface area (Å²) in [6, 6.07) is -0.351. The number of H-pyrrole nitrogens is 1. The molecule has 1 aromatic heterocycles. The van der Waals surface area contributed by atoms with E-state index in [4.69, 9.17) is 0 Å². The number of aromatic amines is 1. The van der Waals surface area contributed by atoms with E-state index in [0.717, 1.165) is 4.57 Å². The van der Waals surface area contributed by atoms with Gasteiger partial charge in [-0.25, -0.2) is 14.2 Å². The lowest BCUT2D eigenvalue weighted by atomic mass is 10.8. The summed E-state index contributed by atoms with van der Waals surface area (Å²) >= 11 is 0. The molecule has 0 unspecified atom stereocenters. The Labute approximate surface area is 63.2 Å². The Morgan fingerprint density at radius 1 is 1.64 bits per heavy atom. The molecule has 0 aliphatic carbocycles. The van der Waals surface area contributed by atoms with Crippen LogP contribution in [0.2, 0.25) is 0 Å². The number of carbonyl (C=O) groups excluding carboxylic acids is 1. The van der Waals surface area contributed by atoms with Crippen LogP contribution in [-0.2, 0) is 0 Å². The lowest BCUT2D eigenvalue weighted by molar-refractivity contribution is 0.218. The van der Waals surface area contributed by atoms with Crippen molar-refractivity contribution in [3.05, 3.63) is 22.9 Å². The normalized spacial score (nSPS) is 9.64. The van der Waals surface area contributed by atoms with Gasteiger partial charge in [0.05, 0.1) is 0 Å². The van der Waals surface area contributed by atoms with Crippen LogP contribution in [0.4, 0.5) is 4.79 Å². The third kappa shape index (κ3) is 1.31. The Hall–Kier alpha value is -1.52. The van der Waals surface area contributed by atoms with Crippen molar-refractivity contribution >= 4 is 6.03 Å². The van der Waals surface area contributed by atoms with Gasteiger partial charge in [0.1, 0.15) is 0 Å². The summed E-state index contributed by atoms with van der Waals surface area (Å²) in [5.74, 6) is 0. The van der Waals surface area contributed by atoms with Gasteiger partial charge in [-0.15, -0.1) is 0 Å². The Balaban J connectivity index is 3.03. The van der Waals surface area contributed by atoms with Crippen molar-refractivity contribution in [1.82, 2.24) is 14.5 Å². The average molecular weight is 155 g/mol. The Bertz CT molecular complexity index is 310. The van der Waals surface area contributed by atoms with Gasteiger partial charge in [-0.3, -0.25) is 0 Å². The zero-order chi connectivity index (χ0) is 8.43. The molecular weight excluding hydrogens is 146 g/mol. The molecule has 0 spiro atoms. The van der Waals surface area contributed by atoms with Crippen LogP contribution in [0.3, 0.4) is 0 Å². The molecule has 1 rings (SSSR count). The first-order valence-electron chi connectivity index (χ1n) is 3.10. The third-order valence-electron chi connectivity index (χ3n) is 1.24. The molecule has 5 heteroatoms. The quantitative estimate of drug-likeness (QED) is 0.559. The van der Waals surface area contributed by atoms with Gasteiger partial charge in [0.15, 0.2) is 0 Å². The number of hydrogen-bond donors (Lipinski definition) is 1. The van der Waals surface area contributed by atoms with Crippen LogP contribution in [0.25, 0.3) is 0 Å². The summed E-state index contributed by atoms with van der Waals surface area (Å²) in [5, 5.41) is 0. The van der Waals surface area contributed by atoms with E-state index < -0.39 is 5.69 Å². The van der Waals surface area contributed by atoms with E-state index in [1.165, 1.54) is 17.3 Å². The van der Waals surface area contributed by atoms with Crippen molar-refractivity contribution in [2.45, 2.75) is 0 Å². The van der Waals surface area contributed by atoms with E-state index in [1.54, 1.807) is 14.1 Å². The molecule has 5 nitrogen and oxygen atoms in total. The summed E-state index contributed by atoms with van der Waals surface area (Å²) in [7, 11) is 3.17. The van der Waals surface area contributed by atoms with Gasteiger partial charge in [0.2, 0.25) is 0 Å². The highest BCUT2D eigenvalue weighted by atomic mass is 16.2. The van der Waals surface area contributed by atoms with E-state index in [-0.39, 0.29) is 6.03 Å². The predicted octanol–water partition coefficient (Wildman–Crippen LogP) is -0.294. The minimum absolute atomic E-state index is 0.351. The van der Waals surface area contributed by atoms with Crippen LogP contribution in [0.1, 0.15) is 0 Å². The smallest absolute Gasteiger partial charge is 0.330 e. The van der Waals surface area contributed by atoms with Crippen LogP contribution < -0.4 is 5.69 Å². The summed E-state index contributed by atoms with van der Waals surface area (Å²) in [5.41, 5.74) is -0.413. The molecule has 0 aliphatic rings. The van der Waals surface area contributed by atoms with Crippen LogP contribution in [0, 0.1) is 0 Å². The molecule has 11 heavy (non-hydrogen) atoms. The van der Waals surface area contributed by atoms with Crippen molar-refractivity contribution in [3.63, 3.8) is 0 Å². The molecule has 0 atom stereocenters. The molecule has 60 valence electrons. The molecule has 0 bridgehead atoms. The zero-order valence-corrected chi connectivity index (χ0v) is 6.37. The van der Waals surface area contributed by atoms with Gasteiger partial charge in [0.25, 0.3) is 0 Å². The number of imidazole rings is 1. The van der Waals surface area contributed by atoms with Crippen molar-refractivity contribution in [1.29, 1.82) is 0 Å². The highest BCUT2D eigenvalue weighted by Gasteiger charge is 2.07. The monoisotopic (exact) mass is 155 g/mol. The maximum atomic E-state index is 11.1. The van der Waals surface area contributed by atoms with Gasteiger partial charge in [-0.1, -0.05) is 0 Å². The van der Waals surface area contributed by atoms with Gasteiger partial charge in [-0.05, 0) is 0 Å². The fourth-order valence-corrected chi connectivity index (χ4v) is 0.686. The standard InChI is InChI=1S/C6H9N3O2/c1-8(2)6(11)9-4-3-7-5(9)10/h3-4H,1-2H3,(H,7,10). The fourth-order valence-electron chi connectivity index (χ4n) is 0.686. The lowest BCUT2D eigenvalue weighted by Gasteiger charge is -2.08. The highest BCUT2D eigenvalue weighted by molar-refractivity contribution is 5.75. The first kappa shape index (κ1) is 7.59. The molecule has 0 aliphatic heterocycles. The van der Waals surface area contributed by atoms with Crippen molar-refractivity contribution in [2.24, 2.45) is 0 Å². The molecule has 0 saturated heterocycles. The lowest BCUT2D eigenvalue weighted by Crippen LogP contribution is -2.33. The first-order valence-corrected chi connectivity index (χ1v) is 3.10. The second kappa shape index (κ2) is 2.61. The van der Waals surface area contributed by atoms with Crippen molar-refractivity contribution < 1.29 is 4.79 Å². The number of nitrogens with zero attached hydrogens (tertiary/aromatic N) is 2. The summed E-state index contributed by atoms with van der Waals surface area (Å²) in [4.78, 5) is 25.6. The van der Waals surface area contributed by atoms with Crippen LogP contribution in [0.15, 0.2) is 17.2 Å². The summed E-state index contributed by atoms with van der Waals surface area (Å²) in [6.07, 6.45) is 2.81. The first-order chi connectivity index (χ1) is 5.13. The SMILES string of the molecule is CN(C)C(=O)n1cc[nH]c1=O. The number of rotatable bonds is 0. The molecule has 1 heterocycles. The number of aromatic nitrogens is 2. The molecule has 0 fully saturated rings. The highest BCUT2D eigenvalue weighted by Crippen LogP contribution is 1.84. The molecule has 0 aromatic carbocycles. The third-order valence-corrected chi connectivity index (χ3v) is 1.24. The second-order valence-electron chi connectivity index (χ2n) is 2.31. The minimum atomic E-state index is -0.413. The summed E-state index contributed by atoms with van der Waals surface area (Å²) in [6.45, 7) is 0. The predicted molar refractivity (Wildman–Crippen MR) is 39.5 cm³/mol. The maximum absolute atomic E-state index is 11.1. The molecule has 0 saturated carbocycles. The van der Waals surface area contributed by atoms with E-state index in [2.05, 4.69) is 4.98 Å². The van der Waals surface area contributed by atoms with E-state index in [0.29, 0.717) is 0 Å². The second-order valence-corrected chi connectivity index (χ2v) is 2.31. The largest absolute Gasteiger partial charge is 0.333 e. The molecule has 1 amide bonds. The molecule has 1 aromatic rings. The topological polar surface area (TPSA) is 58.1 Å². The van der Waals surface area contributed by atoms with Gasteiger partial charge in [-0.2, -0.15) is 0 Å². The van der Waals surface area contributed by atoms with Gasteiger partial charge >= 0.3 is 11.7 Å². The number of nitrogens with one attached hydrogen (secondary N) is 1. The van der Waals surface area contributed by atoms with Crippen molar-refractivity contribution in [3.8, 4) is 0 Å². The van der Waals surface area contributed by atoms with E-state index in [1.807, 2.05) is 0 Å². The van der Waals surface area contributed by atoms with Gasteiger partial charge in [0, 0.05) is 26.5 Å². The average Bonchev–Trinajstić information content (AvgIpc) is 2.33. The Morgan fingerprint density at radius 3 is 2.64 bits per heavy atom. The van der Waals surface area contributed by atoms with Crippen LogP contribution >= 0.6 is 0 Å². The summed E-state index contributed by atoms with van der Waals surface area (Å²) < 4.78 is 1.00. The Morgan fingerprint density at radius 2 is 2.27 bits per heavy atom. The van der Waals surface area contributed by atoms with Crippen LogP contribution in [0.5, 0.6) is 0 Å². The Kier molecular flexibility index (Phi) is 1.80. The molecule has 1 N–H and O–H groups in total. The molecule has 0 radical (unpaired) electrons. The van der Waals surface area contributed by atoms with Gasteiger partial charge < -0.3 is 9.88 Å². The fraction of sp³-hybridized carbons (Fsp3) is 0.333. The number of carbonyl (C=O) groups is 1. The van der Waals surface area contributed by atoms with Crippen LogP contribution in [-0.4, -0.2) is 34.6 Å². The zero-order valence-electron chi connectivity index (χ0n) is 6.37. The minimum Gasteiger partial charge on any atom is -0.330 e. The molecular formula is C6H9N3O2.